The average Bonchev–Trinajstić information content (AvgIpc) is 2.48. The van der Waals surface area contributed by atoms with Gasteiger partial charge in [0, 0.05) is 5.69 Å². The van der Waals surface area contributed by atoms with Gasteiger partial charge in [0.05, 0.1) is 11.1 Å². The normalized spacial score (nSPS) is 11.0. The van der Waals surface area contributed by atoms with Crippen molar-refractivity contribution in [2.75, 3.05) is 5.32 Å². The lowest BCUT2D eigenvalue weighted by atomic mass is 10.1. The minimum Gasteiger partial charge on any atom is -0.308 e. The SMILES string of the molecule is O=C(NC(=O)c1ccccc1C(F)(F)F)Nc1ccc(F)cc1. The number of hydrogen-bond donors (Lipinski definition) is 2. The lowest BCUT2D eigenvalue weighted by molar-refractivity contribution is -0.137. The predicted molar refractivity (Wildman–Crippen MR) is 74.3 cm³/mol. The van der Waals surface area contributed by atoms with Gasteiger partial charge in [-0.3, -0.25) is 10.1 Å². The molecule has 4 nitrogen and oxygen atoms in total. The third-order valence-electron chi connectivity index (χ3n) is 2.81. The maximum absolute atomic E-state index is 12.8. The summed E-state index contributed by atoms with van der Waals surface area (Å²) in [4.78, 5) is 23.5. The number of urea groups is 1. The second-order valence-electron chi connectivity index (χ2n) is 4.46. The topological polar surface area (TPSA) is 58.2 Å². The molecule has 3 amide bonds. The van der Waals surface area contributed by atoms with Crippen molar-refractivity contribution in [1.82, 2.24) is 5.32 Å². The fourth-order valence-electron chi connectivity index (χ4n) is 1.79. The highest BCUT2D eigenvalue weighted by Gasteiger charge is 2.35. The molecule has 2 aromatic carbocycles. The van der Waals surface area contributed by atoms with Crippen LogP contribution in [-0.4, -0.2) is 11.9 Å². The zero-order valence-electron chi connectivity index (χ0n) is 11.4. The Hall–Kier alpha value is -2.90. The van der Waals surface area contributed by atoms with Gasteiger partial charge in [0.2, 0.25) is 0 Å². The fourth-order valence-corrected chi connectivity index (χ4v) is 1.79. The van der Waals surface area contributed by atoms with Crippen molar-refractivity contribution >= 4 is 17.6 Å². The fraction of sp³-hybridized carbons (Fsp3) is 0.0667. The largest absolute Gasteiger partial charge is 0.417 e. The number of benzene rings is 2. The average molecular weight is 326 g/mol. The first-order valence-corrected chi connectivity index (χ1v) is 6.31. The standard InChI is InChI=1S/C15H10F4N2O2/c16-9-5-7-10(8-6-9)20-14(23)21-13(22)11-3-1-2-4-12(11)15(17,18)19/h1-8H,(H2,20,21,22,23). The number of halogens is 4. The first kappa shape index (κ1) is 16.5. The number of carbonyl (C=O) groups excluding carboxylic acids is 2. The van der Waals surface area contributed by atoms with Crippen molar-refractivity contribution in [3.05, 3.63) is 65.5 Å². The Labute approximate surface area is 128 Å². The van der Waals surface area contributed by atoms with E-state index in [1.165, 1.54) is 18.2 Å². The number of alkyl halides is 3. The van der Waals surface area contributed by atoms with Crippen LogP contribution < -0.4 is 10.6 Å². The molecule has 2 N–H and O–H groups in total. The summed E-state index contributed by atoms with van der Waals surface area (Å²) in [5, 5.41) is 4.00. The van der Waals surface area contributed by atoms with E-state index in [0.29, 0.717) is 0 Å². The highest BCUT2D eigenvalue weighted by molar-refractivity contribution is 6.08. The first-order chi connectivity index (χ1) is 10.8. The molecule has 0 bridgehead atoms. The zero-order valence-corrected chi connectivity index (χ0v) is 11.4. The summed E-state index contributed by atoms with van der Waals surface area (Å²) >= 11 is 0. The van der Waals surface area contributed by atoms with Crippen molar-refractivity contribution in [2.24, 2.45) is 0 Å². The Morgan fingerprint density at radius 3 is 2.13 bits per heavy atom. The van der Waals surface area contributed by atoms with Crippen LogP contribution >= 0.6 is 0 Å². The van der Waals surface area contributed by atoms with E-state index in [2.05, 4.69) is 5.32 Å². The van der Waals surface area contributed by atoms with Gasteiger partial charge in [-0.1, -0.05) is 12.1 Å². The lowest BCUT2D eigenvalue weighted by Gasteiger charge is -2.12. The van der Waals surface area contributed by atoms with E-state index >= 15 is 0 Å². The predicted octanol–water partition coefficient (Wildman–Crippen LogP) is 3.81. The summed E-state index contributed by atoms with van der Waals surface area (Å²) < 4.78 is 51.2. The molecule has 0 atom stereocenters. The molecule has 0 saturated carbocycles. The highest BCUT2D eigenvalue weighted by atomic mass is 19.4. The molecule has 0 aromatic heterocycles. The monoisotopic (exact) mass is 326 g/mol. The minimum absolute atomic E-state index is 0.181. The maximum Gasteiger partial charge on any atom is 0.417 e. The number of hydrogen-bond acceptors (Lipinski definition) is 2. The van der Waals surface area contributed by atoms with Crippen LogP contribution in [0.15, 0.2) is 48.5 Å². The Bertz CT molecular complexity index is 727. The molecule has 0 spiro atoms. The number of rotatable bonds is 2. The number of anilines is 1. The van der Waals surface area contributed by atoms with Crippen molar-refractivity contribution in [3.8, 4) is 0 Å². The molecule has 0 aliphatic heterocycles. The van der Waals surface area contributed by atoms with Crippen LogP contribution in [0.25, 0.3) is 0 Å². The van der Waals surface area contributed by atoms with Crippen LogP contribution in [0.5, 0.6) is 0 Å². The molecule has 2 aromatic rings. The lowest BCUT2D eigenvalue weighted by Crippen LogP contribution is -2.35. The Balaban J connectivity index is 2.10. The molecule has 23 heavy (non-hydrogen) atoms. The summed E-state index contributed by atoms with van der Waals surface area (Å²) in [6.45, 7) is 0. The van der Waals surface area contributed by atoms with Gasteiger partial charge < -0.3 is 5.32 Å². The summed E-state index contributed by atoms with van der Waals surface area (Å²) in [6, 6.07) is 7.70. The Morgan fingerprint density at radius 2 is 1.52 bits per heavy atom. The summed E-state index contributed by atoms with van der Waals surface area (Å²) in [7, 11) is 0. The van der Waals surface area contributed by atoms with E-state index < -0.39 is 35.1 Å². The third-order valence-corrected chi connectivity index (χ3v) is 2.81. The number of amides is 3. The van der Waals surface area contributed by atoms with Gasteiger partial charge >= 0.3 is 12.2 Å². The second kappa shape index (κ2) is 6.47. The molecule has 0 radical (unpaired) electrons. The number of nitrogens with one attached hydrogen (secondary N) is 2. The minimum atomic E-state index is -4.72. The van der Waals surface area contributed by atoms with E-state index in [-0.39, 0.29) is 5.69 Å². The molecule has 120 valence electrons. The van der Waals surface area contributed by atoms with Gasteiger partial charge in [0.25, 0.3) is 5.91 Å². The molecular weight excluding hydrogens is 316 g/mol. The summed E-state index contributed by atoms with van der Waals surface area (Å²) in [5.74, 6) is -1.72. The van der Waals surface area contributed by atoms with E-state index in [1.54, 1.807) is 5.32 Å². The Morgan fingerprint density at radius 1 is 0.913 bits per heavy atom. The summed E-state index contributed by atoms with van der Waals surface area (Å²) in [6.07, 6.45) is -4.72. The van der Waals surface area contributed by atoms with E-state index in [4.69, 9.17) is 0 Å². The van der Waals surface area contributed by atoms with Crippen LogP contribution in [0.2, 0.25) is 0 Å². The van der Waals surface area contributed by atoms with Gasteiger partial charge in [-0.15, -0.1) is 0 Å². The molecule has 0 saturated heterocycles. The van der Waals surface area contributed by atoms with Crippen LogP contribution in [0.1, 0.15) is 15.9 Å². The van der Waals surface area contributed by atoms with Crippen molar-refractivity contribution in [3.63, 3.8) is 0 Å². The van der Waals surface area contributed by atoms with Crippen LogP contribution in [-0.2, 0) is 6.18 Å². The van der Waals surface area contributed by atoms with Crippen LogP contribution in [0.3, 0.4) is 0 Å². The van der Waals surface area contributed by atoms with Crippen molar-refractivity contribution in [1.29, 1.82) is 0 Å². The van der Waals surface area contributed by atoms with Gasteiger partial charge in [-0.25, -0.2) is 9.18 Å². The van der Waals surface area contributed by atoms with Gasteiger partial charge in [0.15, 0.2) is 0 Å². The maximum atomic E-state index is 12.8. The molecule has 0 aliphatic rings. The quantitative estimate of drug-likeness (QED) is 0.825. The molecule has 0 aliphatic carbocycles. The highest BCUT2D eigenvalue weighted by Crippen LogP contribution is 2.31. The van der Waals surface area contributed by atoms with Gasteiger partial charge in [-0.2, -0.15) is 13.2 Å². The van der Waals surface area contributed by atoms with E-state index in [1.807, 2.05) is 0 Å². The number of carbonyl (C=O) groups is 2. The van der Waals surface area contributed by atoms with E-state index in [0.717, 1.165) is 30.3 Å². The zero-order chi connectivity index (χ0) is 17.0. The first-order valence-electron chi connectivity index (χ1n) is 6.31. The number of imide groups is 1. The van der Waals surface area contributed by atoms with Crippen LogP contribution in [0.4, 0.5) is 28.0 Å². The molecule has 0 heterocycles. The van der Waals surface area contributed by atoms with Gasteiger partial charge in [0.1, 0.15) is 5.82 Å². The molecule has 0 fully saturated rings. The molecule has 8 heteroatoms. The molecule has 2 rings (SSSR count). The van der Waals surface area contributed by atoms with Crippen molar-refractivity contribution < 1.29 is 27.2 Å². The smallest absolute Gasteiger partial charge is 0.308 e. The second-order valence-corrected chi connectivity index (χ2v) is 4.46. The van der Waals surface area contributed by atoms with Crippen molar-refractivity contribution in [2.45, 2.75) is 6.18 Å². The molecule has 0 unspecified atom stereocenters. The van der Waals surface area contributed by atoms with Crippen LogP contribution in [0, 0.1) is 5.82 Å². The van der Waals surface area contributed by atoms with E-state index in [9.17, 15) is 27.2 Å². The third kappa shape index (κ3) is 4.29. The molecular formula is C15H10F4N2O2. The summed E-state index contributed by atoms with van der Waals surface area (Å²) in [5.41, 5.74) is -1.64. The van der Waals surface area contributed by atoms with Gasteiger partial charge in [-0.05, 0) is 36.4 Å². The Kier molecular flexibility index (Phi) is 4.63.